The highest BCUT2D eigenvalue weighted by Gasteiger charge is 2.26. The van der Waals surface area contributed by atoms with Crippen LogP contribution in [0.4, 0.5) is 10.7 Å². The van der Waals surface area contributed by atoms with Crippen molar-refractivity contribution in [3.05, 3.63) is 45.3 Å². The van der Waals surface area contributed by atoms with Gasteiger partial charge in [-0.15, -0.1) is 11.3 Å². The van der Waals surface area contributed by atoms with Crippen molar-refractivity contribution in [2.45, 2.75) is 85.4 Å². The number of anilines is 2. The Bertz CT molecular complexity index is 1150. The smallest absolute Gasteiger partial charge is 0.341 e. The zero-order valence-electron chi connectivity index (χ0n) is 22.6. The predicted molar refractivity (Wildman–Crippen MR) is 154 cm³/mol. The van der Waals surface area contributed by atoms with Gasteiger partial charge in [0.2, 0.25) is 0 Å². The lowest BCUT2D eigenvalue weighted by atomic mass is 9.96. The maximum Gasteiger partial charge on any atom is 0.341 e. The fourth-order valence-corrected chi connectivity index (χ4v) is 5.76. The second-order valence-electron chi connectivity index (χ2n) is 9.63. The highest BCUT2D eigenvalue weighted by atomic mass is 32.1. The highest BCUT2D eigenvalue weighted by molar-refractivity contribution is 7.80. The molecular weight excluding hydrogens is 524 g/mol. The summed E-state index contributed by atoms with van der Waals surface area (Å²) in [5, 5.41) is 7.05. The summed E-state index contributed by atoms with van der Waals surface area (Å²) in [5.74, 6) is -1.50. The van der Waals surface area contributed by atoms with Gasteiger partial charge in [-0.25, -0.2) is 14.4 Å². The maximum atomic E-state index is 12.9. The largest absolute Gasteiger partial charge is 0.462 e. The van der Waals surface area contributed by atoms with Crippen LogP contribution >= 0.6 is 23.6 Å². The lowest BCUT2D eigenvalue weighted by Gasteiger charge is -2.15. The van der Waals surface area contributed by atoms with Gasteiger partial charge in [0.15, 0.2) is 5.11 Å². The number of rotatable bonds is 8. The van der Waals surface area contributed by atoms with E-state index in [1.165, 1.54) is 28.7 Å². The van der Waals surface area contributed by atoms with E-state index >= 15 is 0 Å². The zero-order valence-corrected chi connectivity index (χ0v) is 24.2. The van der Waals surface area contributed by atoms with Crippen molar-refractivity contribution in [1.29, 1.82) is 0 Å². The molecule has 0 spiro atoms. The molecule has 0 saturated heterocycles. The van der Waals surface area contributed by atoms with Gasteiger partial charge in [-0.05, 0) is 96.3 Å². The van der Waals surface area contributed by atoms with E-state index in [-0.39, 0.29) is 41.0 Å². The molecule has 38 heavy (non-hydrogen) atoms. The van der Waals surface area contributed by atoms with Gasteiger partial charge < -0.3 is 24.8 Å². The normalized spacial score (nSPS) is 13.2. The SMILES string of the molecule is CCOC(=O)c1c(NC(=S)Nc2cc(C(=O)OC(C)C)cc(C(=O)OC(C)C)c2)sc2c1CCCCCC2. The van der Waals surface area contributed by atoms with Crippen LogP contribution in [0.5, 0.6) is 0 Å². The number of aryl methyl sites for hydroxylation is 1. The van der Waals surface area contributed by atoms with Crippen molar-refractivity contribution in [1.82, 2.24) is 0 Å². The lowest BCUT2D eigenvalue weighted by molar-refractivity contribution is 0.0376. The molecule has 0 amide bonds. The van der Waals surface area contributed by atoms with Crippen molar-refractivity contribution in [3.63, 3.8) is 0 Å². The van der Waals surface area contributed by atoms with Gasteiger partial charge in [0.1, 0.15) is 5.00 Å². The third-order valence-electron chi connectivity index (χ3n) is 5.73. The van der Waals surface area contributed by atoms with Crippen LogP contribution < -0.4 is 10.6 Å². The third-order valence-corrected chi connectivity index (χ3v) is 7.14. The van der Waals surface area contributed by atoms with Crippen LogP contribution in [0.1, 0.15) is 102 Å². The Morgan fingerprint density at radius 2 is 1.45 bits per heavy atom. The first kappa shape index (κ1) is 29.6. The molecule has 0 bridgehead atoms. The highest BCUT2D eigenvalue weighted by Crippen LogP contribution is 2.37. The Morgan fingerprint density at radius 3 is 2.00 bits per heavy atom. The fraction of sp³-hybridized carbons (Fsp3) is 0.500. The summed E-state index contributed by atoms with van der Waals surface area (Å²) in [6.07, 6.45) is 5.49. The minimum absolute atomic E-state index is 0.188. The number of esters is 3. The molecule has 8 nitrogen and oxygen atoms in total. The summed E-state index contributed by atoms with van der Waals surface area (Å²) in [6, 6.07) is 4.56. The van der Waals surface area contributed by atoms with Gasteiger partial charge in [-0.3, -0.25) is 0 Å². The first-order chi connectivity index (χ1) is 18.1. The predicted octanol–water partition coefficient (Wildman–Crippen LogP) is 6.52. The zero-order chi connectivity index (χ0) is 27.8. The van der Waals surface area contributed by atoms with Gasteiger partial charge in [-0.1, -0.05) is 12.8 Å². The average molecular weight is 561 g/mol. The van der Waals surface area contributed by atoms with E-state index in [0.717, 1.165) is 37.7 Å². The number of nitrogens with one attached hydrogen (secondary N) is 2. The number of carbonyl (C=O) groups is 3. The van der Waals surface area contributed by atoms with Gasteiger partial charge in [0.05, 0.1) is 35.5 Å². The van der Waals surface area contributed by atoms with Crippen LogP contribution in [0.3, 0.4) is 0 Å². The summed E-state index contributed by atoms with van der Waals surface area (Å²) in [4.78, 5) is 39.4. The van der Waals surface area contributed by atoms with Gasteiger partial charge in [0, 0.05) is 10.6 Å². The molecule has 1 aromatic carbocycles. The van der Waals surface area contributed by atoms with E-state index in [1.54, 1.807) is 46.8 Å². The van der Waals surface area contributed by atoms with Gasteiger partial charge >= 0.3 is 17.9 Å². The minimum Gasteiger partial charge on any atom is -0.462 e. The third kappa shape index (κ3) is 8.01. The number of thiophene rings is 1. The molecule has 0 radical (unpaired) electrons. The number of fused-ring (bicyclic) bond motifs is 1. The second kappa shape index (κ2) is 13.7. The number of thiocarbonyl (C=S) groups is 1. The molecule has 2 N–H and O–H groups in total. The minimum atomic E-state index is -0.566. The number of ether oxygens (including phenoxy) is 3. The summed E-state index contributed by atoms with van der Waals surface area (Å²) >= 11 is 7.10. The quantitative estimate of drug-likeness (QED) is 0.212. The van der Waals surface area contributed by atoms with Crippen LogP contribution in [-0.4, -0.2) is 41.8 Å². The van der Waals surface area contributed by atoms with Crippen molar-refractivity contribution >= 4 is 57.3 Å². The molecule has 2 aromatic rings. The average Bonchev–Trinajstić information content (AvgIpc) is 3.13. The van der Waals surface area contributed by atoms with E-state index < -0.39 is 11.9 Å². The van der Waals surface area contributed by atoms with Gasteiger partial charge in [-0.2, -0.15) is 0 Å². The molecule has 1 heterocycles. The Morgan fingerprint density at radius 1 is 0.868 bits per heavy atom. The van der Waals surface area contributed by atoms with Crippen molar-refractivity contribution < 1.29 is 28.6 Å². The topological polar surface area (TPSA) is 103 Å². The summed E-state index contributed by atoms with van der Waals surface area (Å²) in [7, 11) is 0. The second-order valence-corrected chi connectivity index (χ2v) is 11.1. The van der Waals surface area contributed by atoms with E-state index in [9.17, 15) is 14.4 Å². The number of benzene rings is 1. The van der Waals surface area contributed by atoms with Crippen LogP contribution in [0, 0.1) is 0 Å². The van der Waals surface area contributed by atoms with Crippen molar-refractivity contribution in [2.24, 2.45) is 0 Å². The van der Waals surface area contributed by atoms with Crippen molar-refractivity contribution in [3.8, 4) is 0 Å². The van der Waals surface area contributed by atoms with Crippen LogP contribution in [0.2, 0.25) is 0 Å². The Hall–Kier alpha value is -2.98. The Kier molecular flexibility index (Phi) is 10.7. The molecule has 1 aromatic heterocycles. The Labute approximate surface area is 233 Å². The molecule has 0 saturated carbocycles. The Balaban J connectivity index is 1.90. The molecule has 0 atom stereocenters. The van der Waals surface area contributed by atoms with E-state index in [0.29, 0.717) is 16.3 Å². The molecule has 1 aliphatic rings. The van der Waals surface area contributed by atoms with E-state index in [2.05, 4.69) is 10.6 Å². The first-order valence-corrected chi connectivity index (χ1v) is 14.3. The molecule has 3 rings (SSSR count). The van der Waals surface area contributed by atoms with Gasteiger partial charge in [0.25, 0.3) is 0 Å². The standard InChI is InChI=1S/C28H36N2O6S2/c1-6-34-27(33)23-21-11-9-7-8-10-12-22(21)38-24(23)30-28(37)29-20-14-18(25(31)35-16(2)3)13-19(15-20)26(32)36-17(4)5/h13-17H,6-12H2,1-5H3,(H2,29,30,37). The van der Waals surface area contributed by atoms with E-state index in [4.69, 9.17) is 26.4 Å². The first-order valence-electron chi connectivity index (χ1n) is 13.1. The summed E-state index contributed by atoms with van der Waals surface area (Å²) < 4.78 is 16.0. The summed E-state index contributed by atoms with van der Waals surface area (Å²) in [6.45, 7) is 9.06. The molecular formula is C28H36N2O6S2. The summed E-state index contributed by atoms with van der Waals surface area (Å²) in [5.41, 5.74) is 2.36. The van der Waals surface area contributed by atoms with Crippen LogP contribution in [0.15, 0.2) is 18.2 Å². The maximum absolute atomic E-state index is 12.9. The molecule has 0 fully saturated rings. The number of hydrogen-bond donors (Lipinski definition) is 2. The molecule has 10 heteroatoms. The van der Waals surface area contributed by atoms with Crippen LogP contribution in [0.25, 0.3) is 0 Å². The molecule has 0 unspecified atom stereocenters. The lowest BCUT2D eigenvalue weighted by Crippen LogP contribution is -2.21. The number of hydrogen-bond acceptors (Lipinski definition) is 8. The van der Waals surface area contributed by atoms with E-state index in [1.807, 2.05) is 0 Å². The monoisotopic (exact) mass is 560 g/mol. The van der Waals surface area contributed by atoms with Crippen molar-refractivity contribution in [2.75, 3.05) is 17.2 Å². The molecule has 206 valence electrons. The molecule has 0 aliphatic heterocycles. The number of carbonyl (C=O) groups excluding carboxylic acids is 3. The van der Waals surface area contributed by atoms with Crippen LogP contribution in [-0.2, 0) is 27.1 Å². The molecule has 1 aliphatic carbocycles. The fourth-order valence-electron chi connectivity index (χ4n) is 4.19.